The molecule has 2 atom stereocenters. The summed E-state index contributed by atoms with van der Waals surface area (Å²) < 4.78 is 101. The highest BCUT2D eigenvalue weighted by Gasteiger charge is 2.40. The van der Waals surface area contributed by atoms with Gasteiger partial charge in [-0.3, -0.25) is 14.5 Å². The van der Waals surface area contributed by atoms with Gasteiger partial charge in [0.25, 0.3) is 0 Å². The third-order valence-corrected chi connectivity index (χ3v) is 10.4. The number of carbonyl (C=O) groups excluding carboxylic acids is 2. The summed E-state index contributed by atoms with van der Waals surface area (Å²) in [5.74, 6) is -1.15. The number of esters is 1. The highest BCUT2D eigenvalue weighted by Crippen LogP contribution is 2.44. The number of alkyl halides is 6. The van der Waals surface area contributed by atoms with Gasteiger partial charge in [0.15, 0.2) is 5.78 Å². The predicted molar refractivity (Wildman–Crippen MR) is 176 cm³/mol. The van der Waals surface area contributed by atoms with Gasteiger partial charge in [-0.25, -0.2) is 4.39 Å². The summed E-state index contributed by atoms with van der Waals surface area (Å²) in [5.41, 5.74) is -3.70. The number of ketones is 1. The van der Waals surface area contributed by atoms with Crippen molar-refractivity contribution in [1.29, 1.82) is 5.26 Å². The van der Waals surface area contributed by atoms with Gasteiger partial charge in [-0.05, 0) is 99.5 Å². The standard InChI is InChI=1S/C36H38F7N3O3S/c1-6-49-31(48)12-22-9-10-46(18-21(22)3)19-29-28(16-44)32(33(50-29)27-8-7-26(37)11-20(27)2)45-17-30(47)34(4,5)23-13-24(35(38,39)40)15-25(14-23)36(41,42)43/h7-8,11,13-15,21-22,45H,6,9-10,12,17-19H2,1-5H3. The van der Waals surface area contributed by atoms with Gasteiger partial charge in [0.2, 0.25) is 0 Å². The van der Waals surface area contributed by atoms with Crippen LogP contribution in [0.25, 0.3) is 10.4 Å². The van der Waals surface area contributed by atoms with Crippen LogP contribution in [0.1, 0.15) is 73.2 Å². The number of carbonyl (C=O) groups is 2. The van der Waals surface area contributed by atoms with E-state index in [0.29, 0.717) is 65.7 Å². The smallest absolute Gasteiger partial charge is 0.416 e. The Labute approximate surface area is 290 Å². The number of ether oxygens (including phenoxy) is 1. The van der Waals surface area contributed by atoms with Crippen LogP contribution >= 0.6 is 11.3 Å². The first-order valence-corrected chi connectivity index (χ1v) is 16.8. The van der Waals surface area contributed by atoms with Gasteiger partial charge >= 0.3 is 18.3 Å². The molecule has 0 amide bonds. The third kappa shape index (κ3) is 8.84. The Bertz CT molecular complexity index is 1740. The van der Waals surface area contributed by atoms with Crippen LogP contribution in [0.4, 0.5) is 36.4 Å². The number of Topliss-reactive ketones (excluding diaryl/α,β-unsaturated/α-hetero) is 1. The molecule has 0 saturated carbocycles. The van der Waals surface area contributed by atoms with E-state index in [0.717, 1.165) is 6.42 Å². The molecule has 1 saturated heterocycles. The maximum Gasteiger partial charge on any atom is 0.416 e. The lowest BCUT2D eigenvalue weighted by Gasteiger charge is -2.36. The second-order valence-electron chi connectivity index (χ2n) is 13.1. The van der Waals surface area contributed by atoms with Crippen molar-refractivity contribution in [2.45, 2.75) is 71.8 Å². The zero-order valence-electron chi connectivity index (χ0n) is 28.2. The summed E-state index contributed by atoms with van der Waals surface area (Å²) >= 11 is 1.28. The molecule has 2 aromatic carbocycles. The number of likely N-dealkylation sites (tertiary alicyclic amines) is 1. The highest BCUT2D eigenvalue weighted by molar-refractivity contribution is 7.16. The number of halogens is 7. The molecule has 0 spiro atoms. The number of piperidine rings is 1. The fourth-order valence-electron chi connectivity index (χ4n) is 6.18. The van der Waals surface area contributed by atoms with E-state index in [4.69, 9.17) is 4.74 Å². The van der Waals surface area contributed by atoms with Crippen molar-refractivity contribution in [2.24, 2.45) is 11.8 Å². The lowest BCUT2D eigenvalue weighted by molar-refractivity contribution is -0.145. The quantitative estimate of drug-likeness (QED) is 0.157. The normalized spacial score (nSPS) is 17.3. The zero-order valence-corrected chi connectivity index (χ0v) is 29.1. The number of rotatable bonds is 11. The summed E-state index contributed by atoms with van der Waals surface area (Å²) in [6, 6.07) is 7.42. The fourth-order valence-corrected chi connectivity index (χ4v) is 7.54. The molecule has 0 aliphatic carbocycles. The first-order chi connectivity index (χ1) is 23.3. The van der Waals surface area contributed by atoms with Crippen molar-refractivity contribution in [1.82, 2.24) is 4.90 Å². The van der Waals surface area contributed by atoms with Crippen LogP contribution in [0.5, 0.6) is 0 Å². The molecule has 1 aliphatic rings. The van der Waals surface area contributed by atoms with Crippen molar-refractivity contribution in [3.05, 3.63) is 74.9 Å². The fraction of sp³-hybridized carbons (Fsp3) is 0.472. The molecular formula is C36H38F7N3O3S. The predicted octanol–water partition coefficient (Wildman–Crippen LogP) is 9.14. The van der Waals surface area contributed by atoms with Crippen LogP contribution < -0.4 is 5.32 Å². The molecule has 1 fully saturated rings. The van der Waals surface area contributed by atoms with Gasteiger partial charge in [0, 0.05) is 24.4 Å². The van der Waals surface area contributed by atoms with Gasteiger partial charge in [0.1, 0.15) is 11.9 Å². The van der Waals surface area contributed by atoms with E-state index in [1.54, 1.807) is 19.9 Å². The first kappa shape index (κ1) is 38.8. The number of benzene rings is 2. The largest absolute Gasteiger partial charge is 0.466 e. The summed E-state index contributed by atoms with van der Waals surface area (Å²) in [6.45, 7) is 9.41. The Kier molecular flexibility index (Phi) is 11.7. The van der Waals surface area contributed by atoms with Gasteiger partial charge < -0.3 is 10.1 Å². The SMILES string of the molecule is CCOC(=O)CC1CCN(Cc2sc(-c3ccc(F)cc3C)c(NCC(=O)C(C)(C)c3cc(C(F)(F)F)cc(C(F)(F)F)c3)c2C#N)CC1C. The first-order valence-electron chi connectivity index (χ1n) is 16.0. The molecule has 2 heterocycles. The molecule has 4 rings (SSSR count). The molecule has 1 aliphatic heterocycles. The van der Waals surface area contributed by atoms with Crippen molar-refractivity contribution in [3.63, 3.8) is 0 Å². The molecule has 3 aromatic rings. The summed E-state index contributed by atoms with van der Waals surface area (Å²) in [4.78, 5) is 29.1. The monoisotopic (exact) mass is 725 g/mol. The van der Waals surface area contributed by atoms with E-state index in [9.17, 15) is 45.6 Å². The Hall–Kier alpha value is -3.96. The third-order valence-electron chi connectivity index (χ3n) is 9.23. The van der Waals surface area contributed by atoms with Gasteiger partial charge in [-0.15, -0.1) is 11.3 Å². The van der Waals surface area contributed by atoms with Crippen LogP contribution in [0.15, 0.2) is 36.4 Å². The van der Waals surface area contributed by atoms with Gasteiger partial charge in [-0.1, -0.05) is 13.0 Å². The van der Waals surface area contributed by atoms with Gasteiger partial charge in [-0.2, -0.15) is 31.6 Å². The topological polar surface area (TPSA) is 82.4 Å². The Morgan fingerprint density at radius 2 is 1.66 bits per heavy atom. The maximum atomic E-state index is 14.1. The van der Waals surface area contributed by atoms with E-state index in [1.165, 1.54) is 37.3 Å². The average Bonchev–Trinajstić information content (AvgIpc) is 3.36. The number of hydrogen-bond donors (Lipinski definition) is 1. The minimum atomic E-state index is -5.09. The molecule has 2 unspecified atom stereocenters. The number of hydrogen-bond acceptors (Lipinski definition) is 7. The Morgan fingerprint density at radius 3 is 2.20 bits per heavy atom. The van der Waals surface area contributed by atoms with Crippen LogP contribution in [-0.4, -0.2) is 42.9 Å². The number of thiophene rings is 1. The molecule has 1 N–H and O–H groups in total. The van der Waals surface area contributed by atoms with Crippen molar-refractivity contribution in [3.8, 4) is 16.5 Å². The molecular weight excluding hydrogens is 687 g/mol. The van der Waals surface area contributed by atoms with E-state index in [1.807, 2.05) is 6.92 Å². The Balaban J connectivity index is 1.66. The van der Waals surface area contributed by atoms with E-state index >= 15 is 0 Å². The molecule has 270 valence electrons. The lowest BCUT2D eigenvalue weighted by Crippen LogP contribution is -2.39. The molecule has 6 nitrogen and oxygen atoms in total. The van der Waals surface area contributed by atoms with E-state index < -0.39 is 52.6 Å². The number of nitrogens with one attached hydrogen (secondary N) is 1. The van der Waals surface area contributed by atoms with Crippen molar-refractivity contribution >= 4 is 28.8 Å². The van der Waals surface area contributed by atoms with Crippen LogP contribution in [0.3, 0.4) is 0 Å². The van der Waals surface area contributed by atoms with Crippen molar-refractivity contribution in [2.75, 3.05) is 31.6 Å². The summed E-state index contributed by atoms with van der Waals surface area (Å²) in [5, 5.41) is 13.3. The second-order valence-corrected chi connectivity index (χ2v) is 14.2. The second kappa shape index (κ2) is 15.1. The number of aryl methyl sites for hydroxylation is 1. The van der Waals surface area contributed by atoms with E-state index in [-0.39, 0.29) is 35.1 Å². The molecule has 14 heteroatoms. The van der Waals surface area contributed by atoms with Crippen molar-refractivity contribution < 1.29 is 45.1 Å². The highest BCUT2D eigenvalue weighted by atomic mass is 32.1. The molecule has 1 aromatic heterocycles. The Morgan fingerprint density at radius 1 is 1.04 bits per heavy atom. The maximum absolute atomic E-state index is 14.1. The van der Waals surface area contributed by atoms with Crippen LogP contribution in [0, 0.1) is 35.9 Å². The summed E-state index contributed by atoms with van der Waals surface area (Å²) in [7, 11) is 0. The van der Waals surface area contributed by atoms with Gasteiger partial charge in [0.05, 0.1) is 45.8 Å². The lowest BCUT2D eigenvalue weighted by atomic mass is 9.79. The van der Waals surface area contributed by atoms with Crippen LogP contribution in [-0.2, 0) is 38.6 Å². The molecule has 0 radical (unpaired) electrons. The molecule has 50 heavy (non-hydrogen) atoms. The number of nitrogens with zero attached hydrogens (tertiary/aromatic N) is 2. The zero-order chi connectivity index (χ0) is 37.2. The number of anilines is 1. The minimum absolute atomic E-state index is 0.00925. The average molecular weight is 726 g/mol. The van der Waals surface area contributed by atoms with Crippen LogP contribution in [0.2, 0.25) is 0 Å². The summed E-state index contributed by atoms with van der Waals surface area (Å²) in [6.07, 6.45) is -9.12. The number of nitriles is 1. The van der Waals surface area contributed by atoms with E-state index in [2.05, 4.69) is 16.3 Å². The molecule has 0 bridgehead atoms. The minimum Gasteiger partial charge on any atom is -0.466 e.